The van der Waals surface area contributed by atoms with Crippen molar-refractivity contribution < 1.29 is 9.53 Å². The Hall–Kier alpha value is -3.73. The van der Waals surface area contributed by atoms with Gasteiger partial charge in [-0.15, -0.1) is 0 Å². The topological polar surface area (TPSA) is 64.1 Å². The van der Waals surface area contributed by atoms with Crippen LogP contribution in [0.3, 0.4) is 0 Å². The third-order valence-electron chi connectivity index (χ3n) is 4.05. The van der Waals surface area contributed by atoms with E-state index >= 15 is 0 Å². The number of hydrogen-bond donors (Lipinski definition) is 1. The zero-order valence-electron chi connectivity index (χ0n) is 14.7. The quantitative estimate of drug-likeness (QED) is 0.560. The summed E-state index contributed by atoms with van der Waals surface area (Å²) in [6.07, 6.45) is 1.66. The van der Waals surface area contributed by atoms with Gasteiger partial charge in [0.25, 0.3) is 5.91 Å². The Morgan fingerprint density at radius 3 is 2.67 bits per heavy atom. The molecule has 132 valence electrons. The van der Waals surface area contributed by atoms with Gasteiger partial charge < -0.3 is 10.1 Å². The molecule has 0 radical (unpaired) electrons. The number of ether oxygens (including phenoxy) is 1. The van der Waals surface area contributed by atoms with Crippen LogP contribution in [0, 0.1) is 6.92 Å². The number of benzene rings is 2. The second-order valence-corrected chi connectivity index (χ2v) is 6.08. The van der Waals surface area contributed by atoms with Gasteiger partial charge in [0.05, 0.1) is 11.2 Å². The highest BCUT2D eigenvalue weighted by Gasteiger charge is 2.11. The van der Waals surface area contributed by atoms with Crippen LogP contribution in [-0.2, 0) is 0 Å². The molecule has 0 aliphatic rings. The highest BCUT2D eigenvalue weighted by atomic mass is 16.5. The molecule has 0 aliphatic carbocycles. The largest absolute Gasteiger partial charge is 0.439 e. The SMILES string of the molecule is Cc1cc(NC(=O)c2cccc(Oc3ccccn3)c2)c2ccccc2n1. The molecule has 1 N–H and O–H groups in total. The number of carbonyl (C=O) groups excluding carboxylic acids is 1. The molecule has 4 rings (SSSR count). The number of aromatic nitrogens is 2. The number of nitrogens with one attached hydrogen (secondary N) is 1. The van der Waals surface area contributed by atoms with Gasteiger partial charge in [-0.2, -0.15) is 0 Å². The van der Waals surface area contributed by atoms with E-state index in [1.807, 2.05) is 49.4 Å². The van der Waals surface area contributed by atoms with Crippen LogP contribution in [0.2, 0.25) is 0 Å². The molecule has 2 aromatic carbocycles. The number of hydrogen-bond acceptors (Lipinski definition) is 4. The van der Waals surface area contributed by atoms with Gasteiger partial charge in [0.2, 0.25) is 5.88 Å². The molecule has 0 saturated carbocycles. The molecule has 4 aromatic rings. The van der Waals surface area contributed by atoms with E-state index in [9.17, 15) is 4.79 Å². The molecule has 0 fully saturated rings. The minimum atomic E-state index is -0.211. The lowest BCUT2D eigenvalue weighted by molar-refractivity contribution is 0.102. The molecule has 0 unspecified atom stereocenters. The third kappa shape index (κ3) is 3.77. The van der Waals surface area contributed by atoms with Crippen molar-refractivity contribution in [2.75, 3.05) is 5.32 Å². The number of aryl methyl sites for hydroxylation is 1. The summed E-state index contributed by atoms with van der Waals surface area (Å²) in [6, 6.07) is 22.0. The number of anilines is 1. The van der Waals surface area contributed by atoms with E-state index in [0.29, 0.717) is 17.2 Å². The Bertz CT molecular complexity index is 1110. The predicted molar refractivity (Wildman–Crippen MR) is 105 cm³/mol. The van der Waals surface area contributed by atoms with Crippen molar-refractivity contribution in [3.8, 4) is 11.6 Å². The standard InChI is InChI=1S/C22H17N3O2/c1-15-13-20(18-9-2-3-10-19(18)24-15)25-22(26)16-7-6-8-17(14-16)27-21-11-4-5-12-23-21/h2-14H,1H3,(H,24,25,26). The fourth-order valence-corrected chi connectivity index (χ4v) is 2.83. The van der Waals surface area contributed by atoms with Crippen molar-refractivity contribution in [1.29, 1.82) is 0 Å². The minimum absolute atomic E-state index is 0.211. The molecule has 2 aromatic heterocycles. The summed E-state index contributed by atoms with van der Waals surface area (Å²) >= 11 is 0. The van der Waals surface area contributed by atoms with Crippen LogP contribution in [0.5, 0.6) is 11.6 Å². The molecule has 0 spiro atoms. The maximum Gasteiger partial charge on any atom is 0.255 e. The fraction of sp³-hybridized carbons (Fsp3) is 0.0455. The van der Waals surface area contributed by atoms with Gasteiger partial charge in [-0.3, -0.25) is 9.78 Å². The molecular formula is C22H17N3O2. The Balaban J connectivity index is 1.60. The second-order valence-electron chi connectivity index (χ2n) is 6.08. The van der Waals surface area contributed by atoms with E-state index in [0.717, 1.165) is 22.3 Å². The van der Waals surface area contributed by atoms with Crippen LogP contribution in [0.25, 0.3) is 10.9 Å². The van der Waals surface area contributed by atoms with E-state index in [-0.39, 0.29) is 5.91 Å². The van der Waals surface area contributed by atoms with Crippen LogP contribution in [0.1, 0.15) is 16.1 Å². The van der Waals surface area contributed by atoms with Crippen molar-refractivity contribution in [2.45, 2.75) is 6.92 Å². The predicted octanol–water partition coefficient (Wildman–Crippen LogP) is 4.98. The van der Waals surface area contributed by atoms with E-state index in [4.69, 9.17) is 4.74 Å². The normalized spacial score (nSPS) is 10.6. The Morgan fingerprint density at radius 1 is 0.963 bits per heavy atom. The number of para-hydroxylation sites is 1. The number of fused-ring (bicyclic) bond motifs is 1. The number of pyridine rings is 2. The fourth-order valence-electron chi connectivity index (χ4n) is 2.83. The zero-order valence-corrected chi connectivity index (χ0v) is 14.7. The van der Waals surface area contributed by atoms with Crippen LogP contribution in [-0.4, -0.2) is 15.9 Å². The Morgan fingerprint density at radius 2 is 1.81 bits per heavy atom. The van der Waals surface area contributed by atoms with Gasteiger partial charge in [-0.05, 0) is 43.3 Å². The van der Waals surface area contributed by atoms with E-state index < -0.39 is 0 Å². The zero-order chi connectivity index (χ0) is 18.6. The van der Waals surface area contributed by atoms with Gasteiger partial charge in [0.15, 0.2) is 0 Å². The molecule has 0 aliphatic heterocycles. The van der Waals surface area contributed by atoms with Crippen molar-refractivity contribution in [2.24, 2.45) is 0 Å². The van der Waals surface area contributed by atoms with E-state index in [1.165, 1.54) is 0 Å². The van der Waals surface area contributed by atoms with Crippen LogP contribution in [0.4, 0.5) is 5.69 Å². The number of carbonyl (C=O) groups is 1. The van der Waals surface area contributed by atoms with Gasteiger partial charge in [0.1, 0.15) is 5.75 Å². The Kier molecular flexibility index (Phi) is 4.49. The summed E-state index contributed by atoms with van der Waals surface area (Å²) in [7, 11) is 0. The smallest absolute Gasteiger partial charge is 0.255 e. The van der Waals surface area contributed by atoms with Crippen molar-refractivity contribution >= 4 is 22.5 Å². The molecule has 5 nitrogen and oxygen atoms in total. The molecule has 1 amide bonds. The van der Waals surface area contributed by atoms with Crippen molar-refractivity contribution in [1.82, 2.24) is 9.97 Å². The first-order valence-electron chi connectivity index (χ1n) is 8.56. The van der Waals surface area contributed by atoms with Crippen LogP contribution in [0.15, 0.2) is 79.0 Å². The number of nitrogens with zero attached hydrogens (tertiary/aromatic N) is 2. The minimum Gasteiger partial charge on any atom is -0.439 e. The molecular weight excluding hydrogens is 338 g/mol. The first-order valence-corrected chi connectivity index (χ1v) is 8.56. The summed E-state index contributed by atoms with van der Waals surface area (Å²) in [5, 5.41) is 3.88. The molecule has 0 atom stereocenters. The monoisotopic (exact) mass is 355 g/mol. The van der Waals surface area contributed by atoms with E-state index in [2.05, 4.69) is 15.3 Å². The summed E-state index contributed by atoms with van der Waals surface area (Å²) in [6.45, 7) is 1.91. The van der Waals surface area contributed by atoms with Gasteiger partial charge in [-0.1, -0.05) is 30.3 Å². The van der Waals surface area contributed by atoms with E-state index in [1.54, 1.807) is 36.5 Å². The van der Waals surface area contributed by atoms with Gasteiger partial charge in [0, 0.05) is 28.9 Å². The summed E-state index contributed by atoms with van der Waals surface area (Å²) in [5.41, 5.74) is 2.93. The molecule has 2 heterocycles. The second kappa shape index (κ2) is 7.25. The lowest BCUT2D eigenvalue weighted by Crippen LogP contribution is -2.12. The summed E-state index contributed by atoms with van der Waals surface area (Å²) in [5.74, 6) is 0.820. The highest BCUT2D eigenvalue weighted by molar-refractivity contribution is 6.08. The Labute approximate surface area is 156 Å². The average molecular weight is 355 g/mol. The number of rotatable bonds is 4. The summed E-state index contributed by atoms with van der Waals surface area (Å²) in [4.78, 5) is 21.4. The summed E-state index contributed by atoms with van der Waals surface area (Å²) < 4.78 is 5.71. The first kappa shape index (κ1) is 16.7. The van der Waals surface area contributed by atoms with Gasteiger partial charge in [-0.25, -0.2) is 4.98 Å². The highest BCUT2D eigenvalue weighted by Crippen LogP contribution is 2.25. The average Bonchev–Trinajstić information content (AvgIpc) is 2.69. The van der Waals surface area contributed by atoms with Gasteiger partial charge >= 0.3 is 0 Å². The van der Waals surface area contributed by atoms with Crippen molar-refractivity contribution in [3.63, 3.8) is 0 Å². The van der Waals surface area contributed by atoms with Crippen molar-refractivity contribution in [3.05, 3.63) is 90.3 Å². The molecule has 0 saturated heterocycles. The number of amides is 1. The van der Waals surface area contributed by atoms with Crippen LogP contribution >= 0.6 is 0 Å². The van der Waals surface area contributed by atoms with Crippen LogP contribution < -0.4 is 10.1 Å². The maximum absolute atomic E-state index is 12.8. The molecule has 27 heavy (non-hydrogen) atoms. The third-order valence-corrected chi connectivity index (χ3v) is 4.05. The maximum atomic E-state index is 12.8. The molecule has 5 heteroatoms. The first-order chi connectivity index (χ1) is 13.2. The lowest BCUT2D eigenvalue weighted by Gasteiger charge is -2.11. The lowest BCUT2D eigenvalue weighted by atomic mass is 10.1. The molecule has 0 bridgehead atoms.